The molecule has 1 N–H and O–H groups in total. The molecule has 22 heavy (non-hydrogen) atoms. The Labute approximate surface area is 131 Å². The van der Waals surface area contributed by atoms with Crippen LogP contribution in [0.25, 0.3) is 0 Å². The van der Waals surface area contributed by atoms with Gasteiger partial charge in [0, 0.05) is 30.2 Å². The maximum Gasteiger partial charge on any atom is 0.264 e. The monoisotopic (exact) mass is 317 g/mol. The Morgan fingerprint density at radius 3 is 2.82 bits per heavy atom. The summed E-state index contributed by atoms with van der Waals surface area (Å²) in [5.41, 5.74) is 0.863. The van der Waals surface area contributed by atoms with Crippen molar-refractivity contribution in [2.45, 2.75) is 12.8 Å². The van der Waals surface area contributed by atoms with Crippen molar-refractivity contribution in [2.24, 2.45) is 0 Å². The number of anilines is 2. The topological polar surface area (TPSA) is 71.5 Å². The summed E-state index contributed by atoms with van der Waals surface area (Å²) in [6.07, 6.45) is 3.13. The van der Waals surface area contributed by atoms with Crippen LogP contribution in [0, 0.1) is 0 Å². The average Bonchev–Trinajstić information content (AvgIpc) is 3.17. The second kappa shape index (κ2) is 6.57. The maximum atomic E-state index is 11.7. The van der Waals surface area contributed by atoms with Crippen molar-refractivity contribution >= 4 is 34.0 Å². The molecule has 2 amide bonds. The largest absolute Gasteiger partial charge is 0.484 e. The van der Waals surface area contributed by atoms with Gasteiger partial charge in [-0.2, -0.15) is 0 Å². The lowest BCUT2D eigenvalue weighted by molar-refractivity contribution is -0.118. The number of ether oxygens (including phenoxy) is 1. The summed E-state index contributed by atoms with van der Waals surface area (Å²) < 4.78 is 5.42. The number of hydrogen-bond donors (Lipinski definition) is 1. The number of rotatable bonds is 5. The lowest BCUT2D eigenvalue weighted by Crippen LogP contribution is -2.23. The third-order valence-corrected chi connectivity index (χ3v) is 3.96. The zero-order valence-corrected chi connectivity index (χ0v) is 12.6. The van der Waals surface area contributed by atoms with Crippen LogP contribution in [0.4, 0.5) is 10.8 Å². The summed E-state index contributed by atoms with van der Waals surface area (Å²) in [5, 5.41) is 4.98. The molecule has 2 heterocycles. The SMILES string of the molecule is O=C(COc1ccc(N2CCCC2=O)cc1)Nc1nccs1. The zero-order chi connectivity index (χ0) is 15.4. The third-order valence-electron chi connectivity index (χ3n) is 3.27. The first-order chi connectivity index (χ1) is 10.7. The Morgan fingerprint density at radius 1 is 1.36 bits per heavy atom. The molecule has 0 bridgehead atoms. The lowest BCUT2D eigenvalue weighted by atomic mass is 10.3. The minimum absolute atomic E-state index is 0.0818. The van der Waals surface area contributed by atoms with Crippen LogP contribution < -0.4 is 15.0 Å². The van der Waals surface area contributed by atoms with E-state index >= 15 is 0 Å². The second-order valence-electron chi connectivity index (χ2n) is 4.82. The number of thiazole rings is 1. The quantitative estimate of drug-likeness (QED) is 0.918. The van der Waals surface area contributed by atoms with E-state index in [1.54, 1.807) is 28.6 Å². The Bertz CT molecular complexity index is 655. The highest BCUT2D eigenvalue weighted by Crippen LogP contribution is 2.23. The van der Waals surface area contributed by atoms with Gasteiger partial charge in [0.1, 0.15) is 5.75 Å². The minimum Gasteiger partial charge on any atom is -0.484 e. The molecule has 1 aliphatic heterocycles. The maximum absolute atomic E-state index is 11.7. The van der Waals surface area contributed by atoms with E-state index in [1.165, 1.54) is 11.3 Å². The van der Waals surface area contributed by atoms with E-state index in [9.17, 15) is 9.59 Å². The Morgan fingerprint density at radius 2 is 2.18 bits per heavy atom. The van der Waals surface area contributed by atoms with Gasteiger partial charge in [-0.1, -0.05) is 0 Å². The molecule has 7 heteroatoms. The molecule has 114 valence electrons. The van der Waals surface area contributed by atoms with Crippen LogP contribution in [0.5, 0.6) is 5.75 Å². The predicted molar refractivity (Wildman–Crippen MR) is 84.3 cm³/mol. The molecule has 0 spiro atoms. The van der Waals surface area contributed by atoms with Crippen LogP contribution in [0.2, 0.25) is 0 Å². The number of benzene rings is 1. The van der Waals surface area contributed by atoms with Crippen LogP contribution in [-0.2, 0) is 9.59 Å². The van der Waals surface area contributed by atoms with Gasteiger partial charge in [-0.05, 0) is 30.7 Å². The smallest absolute Gasteiger partial charge is 0.264 e. The number of nitrogens with one attached hydrogen (secondary N) is 1. The third kappa shape index (κ3) is 3.43. The van der Waals surface area contributed by atoms with E-state index in [0.717, 1.165) is 18.7 Å². The van der Waals surface area contributed by atoms with Gasteiger partial charge in [-0.15, -0.1) is 11.3 Å². The van der Waals surface area contributed by atoms with Crippen molar-refractivity contribution in [1.82, 2.24) is 4.98 Å². The fraction of sp³-hybridized carbons (Fsp3) is 0.267. The Balaban J connectivity index is 1.52. The van der Waals surface area contributed by atoms with E-state index in [4.69, 9.17) is 4.74 Å². The van der Waals surface area contributed by atoms with Gasteiger partial charge >= 0.3 is 0 Å². The van der Waals surface area contributed by atoms with Crippen molar-refractivity contribution in [3.05, 3.63) is 35.8 Å². The summed E-state index contributed by atoms with van der Waals surface area (Å²) in [6.45, 7) is 0.677. The van der Waals surface area contributed by atoms with Crippen LogP contribution in [-0.4, -0.2) is 29.9 Å². The molecule has 0 saturated carbocycles. The average molecular weight is 317 g/mol. The number of aromatic nitrogens is 1. The second-order valence-corrected chi connectivity index (χ2v) is 5.71. The molecular formula is C15H15N3O3S. The summed E-state index contributed by atoms with van der Waals surface area (Å²) in [5.74, 6) is 0.481. The number of carbonyl (C=O) groups excluding carboxylic acids is 2. The summed E-state index contributed by atoms with van der Waals surface area (Å²) in [7, 11) is 0. The number of amides is 2. The first-order valence-electron chi connectivity index (χ1n) is 6.95. The highest BCUT2D eigenvalue weighted by atomic mass is 32.1. The van der Waals surface area contributed by atoms with Crippen molar-refractivity contribution < 1.29 is 14.3 Å². The Kier molecular flexibility index (Phi) is 4.34. The molecule has 0 atom stereocenters. The normalized spacial score (nSPS) is 14.2. The Hall–Kier alpha value is -2.41. The van der Waals surface area contributed by atoms with Gasteiger partial charge in [0.05, 0.1) is 0 Å². The lowest BCUT2D eigenvalue weighted by Gasteiger charge is -2.16. The highest BCUT2D eigenvalue weighted by molar-refractivity contribution is 7.13. The summed E-state index contributed by atoms with van der Waals surface area (Å²) >= 11 is 1.35. The molecular weight excluding hydrogens is 302 g/mol. The minimum atomic E-state index is -0.256. The van der Waals surface area contributed by atoms with Gasteiger partial charge < -0.3 is 9.64 Å². The highest BCUT2D eigenvalue weighted by Gasteiger charge is 2.21. The van der Waals surface area contributed by atoms with E-state index in [1.807, 2.05) is 12.1 Å². The van der Waals surface area contributed by atoms with Crippen molar-refractivity contribution in [1.29, 1.82) is 0 Å². The summed E-state index contributed by atoms with van der Waals surface area (Å²) in [6, 6.07) is 7.18. The summed E-state index contributed by atoms with van der Waals surface area (Å²) in [4.78, 5) is 29.1. The molecule has 0 aliphatic carbocycles. The molecule has 1 aromatic carbocycles. The molecule has 1 aromatic heterocycles. The standard InChI is InChI=1S/C15H15N3O3S/c19-13(17-15-16-7-9-22-15)10-21-12-5-3-11(4-6-12)18-8-1-2-14(18)20/h3-7,9H,1-2,8,10H2,(H,16,17,19). The first kappa shape index (κ1) is 14.5. The number of carbonyl (C=O) groups is 2. The first-order valence-corrected chi connectivity index (χ1v) is 7.83. The van der Waals surface area contributed by atoms with Crippen molar-refractivity contribution in [2.75, 3.05) is 23.4 Å². The van der Waals surface area contributed by atoms with Crippen LogP contribution >= 0.6 is 11.3 Å². The van der Waals surface area contributed by atoms with Crippen LogP contribution in [0.1, 0.15) is 12.8 Å². The van der Waals surface area contributed by atoms with Crippen LogP contribution in [0.3, 0.4) is 0 Å². The van der Waals surface area contributed by atoms with E-state index < -0.39 is 0 Å². The molecule has 3 rings (SSSR count). The van der Waals surface area contributed by atoms with Gasteiger partial charge in [0.25, 0.3) is 5.91 Å². The fourth-order valence-corrected chi connectivity index (χ4v) is 2.78. The fourth-order valence-electron chi connectivity index (χ4n) is 2.23. The van der Waals surface area contributed by atoms with Gasteiger partial charge in [0.2, 0.25) is 5.91 Å². The number of hydrogen-bond acceptors (Lipinski definition) is 5. The van der Waals surface area contributed by atoms with Crippen molar-refractivity contribution in [3.63, 3.8) is 0 Å². The molecule has 1 aliphatic rings. The molecule has 1 saturated heterocycles. The van der Waals surface area contributed by atoms with E-state index in [2.05, 4.69) is 10.3 Å². The molecule has 2 aromatic rings. The van der Waals surface area contributed by atoms with Crippen molar-refractivity contribution in [3.8, 4) is 5.75 Å². The molecule has 1 fully saturated rings. The molecule has 6 nitrogen and oxygen atoms in total. The van der Waals surface area contributed by atoms with E-state index in [-0.39, 0.29) is 18.4 Å². The molecule has 0 unspecified atom stereocenters. The number of nitrogens with zero attached hydrogens (tertiary/aromatic N) is 2. The van der Waals surface area contributed by atoms with Gasteiger partial charge in [0.15, 0.2) is 11.7 Å². The van der Waals surface area contributed by atoms with E-state index in [0.29, 0.717) is 17.3 Å². The zero-order valence-electron chi connectivity index (χ0n) is 11.8. The molecule has 0 radical (unpaired) electrons. The predicted octanol–water partition coefficient (Wildman–Crippen LogP) is 2.29. The van der Waals surface area contributed by atoms with Gasteiger partial charge in [-0.25, -0.2) is 4.98 Å². The van der Waals surface area contributed by atoms with Gasteiger partial charge in [-0.3, -0.25) is 14.9 Å². The van der Waals surface area contributed by atoms with Crippen LogP contribution in [0.15, 0.2) is 35.8 Å².